The Labute approximate surface area is 104 Å². The molecule has 3 heteroatoms. The van der Waals surface area contributed by atoms with Crippen LogP contribution in [0.15, 0.2) is 24.3 Å². The van der Waals surface area contributed by atoms with E-state index in [-0.39, 0.29) is 0 Å². The van der Waals surface area contributed by atoms with E-state index in [1.54, 1.807) is 11.3 Å². The molecule has 1 aliphatic carbocycles. The molecule has 2 aromatic rings. The lowest BCUT2D eigenvalue weighted by atomic mass is 10.2. The number of benzene rings is 1. The van der Waals surface area contributed by atoms with E-state index >= 15 is 0 Å². The Balaban J connectivity index is 1.77. The van der Waals surface area contributed by atoms with E-state index in [0.717, 1.165) is 24.0 Å². The van der Waals surface area contributed by atoms with Gasteiger partial charge in [0.25, 0.3) is 0 Å². The minimum Gasteiger partial charge on any atom is -0.312 e. The van der Waals surface area contributed by atoms with Gasteiger partial charge in [-0.3, -0.25) is 0 Å². The van der Waals surface area contributed by atoms with Crippen LogP contribution in [-0.4, -0.2) is 6.54 Å². The third-order valence-electron chi connectivity index (χ3n) is 3.02. The fraction of sp³-hybridized carbons (Fsp3) is 0.385. The average Bonchev–Trinajstić information content (AvgIpc) is 3.06. The molecule has 0 amide bonds. The summed E-state index contributed by atoms with van der Waals surface area (Å²) in [4.78, 5) is 1.27. The van der Waals surface area contributed by atoms with Crippen molar-refractivity contribution in [1.82, 2.24) is 5.32 Å². The van der Waals surface area contributed by atoms with Crippen LogP contribution in [0.3, 0.4) is 0 Å². The maximum Gasteiger partial charge on any atom is 0.0636 e. The smallest absolute Gasteiger partial charge is 0.0636 e. The van der Waals surface area contributed by atoms with Crippen LogP contribution in [0.4, 0.5) is 0 Å². The van der Waals surface area contributed by atoms with E-state index in [0.29, 0.717) is 0 Å². The summed E-state index contributed by atoms with van der Waals surface area (Å²) in [6.45, 7) is 2.05. The second kappa shape index (κ2) is 4.36. The van der Waals surface area contributed by atoms with Gasteiger partial charge in [-0.05, 0) is 31.4 Å². The van der Waals surface area contributed by atoms with Gasteiger partial charge in [-0.1, -0.05) is 29.8 Å². The topological polar surface area (TPSA) is 12.0 Å². The van der Waals surface area contributed by atoms with Crippen molar-refractivity contribution in [2.45, 2.75) is 19.4 Å². The van der Waals surface area contributed by atoms with Gasteiger partial charge < -0.3 is 5.32 Å². The highest BCUT2D eigenvalue weighted by atomic mass is 35.5. The molecule has 1 aromatic carbocycles. The van der Waals surface area contributed by atoms with Crippen molar-refractivity contribution in [1.29, 1.82) is 0 Å². The van der Waals surface area contributed by atoms with Crippen molar-refractivity contribution in [2.24, 2.45) is 5.92 Å². The Morgan fingerprint density at radius 3 is 2.88 bits per heavy atom. The van der Waals surface area contributed by atoms with E-state index in [2.05, 4.69) is 23.5 Å². The molecule has 0 aliphatic heterocycles. The SMILES string of the molecule is Clc1c(CNCC2CC2)sc2ccccc12. The first-order valence-electron chi connectivity index (χ1n) is 5.71. The van der Waals surface area contributed by atoms with Gasteiger partial charge in [-0.15, -0.1) is 11.3 Å². The lowest BCUT2D eigenvalue weighted by molar-refractivity contribution is 0.644. The molecular weight excluding hydrogens is 238 g/mol. The Kier molecular flexibility index (Phi) is 2.88. The van der Waals surface area contributed by atoms with Gasteiger partial charge in [-0.25, -0.2) is 0 Å². The van der Waals surface area contributed by atoms with Crippen molar-refractivity contribution in [3.8, 4) is 0 Å². The van der Waals surface area contributed by atoms with E-state index in [1.165, 1.54) is 27.8 Å². The third kappa shape index (κ3) is 2.10. The Morgan fingerprint density at radius 1 is 1.31 bits per heavy atom. The highest BCUT2D eigenvalue weighted by Gasteiger charge is 2.20. The highest BCUT2D eigenvalue weighted by Crippen LogP contribution is 2.35. The lowest BCUT2D eigenvalue weighted by Gasteiger charge is -2.01. The summed E-state index contributed by atoms with van der Waals surface area (Å²) < 4.78 is 1.29. The molecule has 3 rings (SSSR count). The first-order chi connectivity index (χ1) is 7.84. The molecule has 1 aromatic heterocycles. The van der Waals surface area contributed by atoms with Gasteiger partial charge >= 0.3 is 0 Å². The molecule has 0 saturated heterocycles. The van der Waals surface area contributed by atoms with E-state index < -0.39 is 0 Å². The molecule has 84 valence electrons. The summed E-state index contributed by atoms with van der Waals surface area (Å²) in [5.74, 6) is 0.924. The summed E-state index contributed by atoms with van der Waals surface area (Å²) in [6.07, 6.45) is 2.79. The molecule has 1 heterocycles. The van der Waals surface area contributed by atoms with Crippen LogP contribution in [0.2, 0.25) is 5.02 Å². The minimum absolute atomic E-state index is 0.911. The van der Waals surface area contributed by atoms with Gasteiger partial charge in [0.15, 0.2) is 0 Å². The molecular formula is C13H14ClNS. The fourth-order valence-corrected chi connectivity index (χ4v) is 3.36. The third-order valence-corrected chi connectivity index (χ3v) is 4.73. The molecule has 16 heavy (non-hydrogen) atoms. The van der Waals surface area contributed by atoms with Crippen LogP contribution in [0.5, 0.6) is 0 Å². The van der Waals surface area contributed by atoms with Crippen molar-refractivity contribution in [2.75, 3.05) is 6.54 Å². The summed E-state index contributed by atoms with van der Waals surface area (Å²) in [6, 6.07) is 8.34. The minimum atomic E-state index is 0.911. The number of fused-ring (bicyclic) bond motifs is 1. The van der Waals surface area contributed by atoms with Crippen LogP contribution >= 0.6 is 22.9 Å². The summed E-state index contributed by atoms with van der Waals surface area (Å²) in [7, 11) is 0. The normalized spacial score (nSPS) is 15.8. The molecule has 0 atom stereocenters. The van der Waals surface area contributed by atoms with E-state index in [4.69, 9.17) is 11.6 Å². The van der Waals surface area contributed by atoms with Crippen LogP contribution in [-0.2, 0) is 6.54 Å². The van der Waals surface area contributed by atoms with Crippen molar-refractivity contribution in [3.63, 3.8) is 0 Å². The van der Waals surface area contributed by atoms with Gasteiger partial charge in [-0.2, -0.15) is 0 Å². The van der Waals surface area contributed by atoms with E-state index in [1.807, 2.05) is 6.07 Å². The number of thiophene rings is 1. The Bertz CT molecular complexity index is 502. The molecule has 1 saturated carbocycles. The van der Waals surface area contributed by atoms with Crippen molar-refractivity contribution in [3.05, 3.63) is 34.2 Å². The zero-order valence-corrected chi connectivity index (χ0v) is 10.6. The predicted octanol–water partition coefficient (Wildman–Crippen LogP) is 4.05. The highest BCUT2D eigenvalue weighted by molar-refractivity contribution is 7.19. The van der Waals surface area contributed by atoms with Crippen LogP contribution in [0.25, 0.3) is 10.1 Å². The van der Waals surface area contributed by atoms with Crippen molar-refractivity contribution < 1.29 is 0 Å². The number of halogens is 1. The van der Waals surface area contributed by atoms with Gasteiger partial charge in [0.05, 0.1) is 5.02 Å². The number of rotatable bonds is 4. The van der Waals surface area contributed by atoms with Crippen LogP contribution in [0.1, 0.15) is 17.7 Å². The molecule has 0 bridgehead atoms. The van der Waals surface area contributed by atoms with Crippen molar-refractivity contribution >= 4 is 33.0 Å². The predicted molar refractivity (Wildman–Crippen MR) is 71.3 cm³/mol. The second-order valence-corrected chi connectivity index (χ2v) is 5.92. The zero-order chi connectivity index (χ0) is 11.0. The second-order valence-electron chi connectivity index (χ2n) is 4.41. The number of hydrogen-bond acceptors (Lipinski definition) is 2. The van der Waals surface area contributed by atoms with Crippen LogP contribution in [0, 0.1) is 5.92 Å². The lowest BCUT2D eigenvalue weighted by Crippen LogP contribution is -2.15. The Hall–Kier alpha value is -0.570. The number of hydrogen-bond donors (Lipinski definition) is 1. The van der Waals surface area contributed by atoms with E-state index in [9.17, 15) is 0 Å². The molecule has 1 fully saturated rings. The summed E-state index contributed by atoms with van der Waals surface area (Å²) >= 11 is 8.16. The first kappa shape index (κ1) is 10.6. The molecule has 0 radical (unpaired) electrons. The quantitative estimate of drug-likeness (QED) is 0.864. The molecule has 1 nitrogen and oxygen atoms in total. The molecule has 1 aliphatic rings. The molecule has 1 N–H and O–H groups in total. The largest absolute Gasteiger partial charge is 0.312 e. The Morgan fingerprint density at radius 2 is 2.12 bits per heavy atom. The maximum absolute atomic E-state index is 6.36. The average molecular weight is 252 g/mol. The summed E-state index contributed by atoms with van der Waals surface area (Å²) in [5, 5.41) is 5.62. The maximum atomic E-state index is 6.36. The monoisotopic (exact) mass is 251 g/mol. The first-order valence-corrected chi connectivity index (χ1v) is 6.90. The standard InChI is InChI=1S/C13H14ClNS/c14-13-10-3-1-2-4-11(10)16-12(13)8-15-7-9-5-6-9/h1-4,9,15H,5-8H2. The molecule has 0 spiro atoms. The molecule has 0 unspecified atom stereocenters. The zero-order valence-electron chi connectivity index (χ0n) is 9.00. The van der Waals surface area contributed by atoms with Crippen LogP contribution < -0.4 is 5.32 Å². The number of nitrogens with one attached hydrogen (secondary N) is 1. The van der Waals surface area contributed by atoms with Gasteiger partial charge in [0, 0.05) is 21.5 Å². The van der Waals surface area contributed by atoms with Gasteiger partial charge in [0.2, 0.25) is 0 Å². The summed E-state index contributed by atoms with van der Waals surface area (Å²) in [5.41, 5.74) is 0. The fourth-order valence-electron chi connectivity index (χ4n) is 1.89. The van der Waals surface area contributed by atoms with Gasteiger partial charge in [0.1, 0.15) is 0 Å².